The average molecular weight is 158 g/mol. The number of rotatable bonds is 1. The Morgan fingerprint density at radius 1 is 0.667 bits per heavy atom. The first kappa shape index (κ1) is 7.60. The predicted octanol–water partition coefficient (Wildman–Crippen LogP) is 3.54. The van der Waals surface area contributed by atoms with Crippen LogP contribution in [0.2, 0.25) is 0 Å². The van der Waals surface area contributed by atoms with Crippen LogP contribution in [0.4, 0.5) is 0 Å². The van der Waals surface area contributed by atoms with E-state index in [1.807, 2.05) is 0 Å². The molecule has 0 saturated carbocycles. The summed E-state index contributed by atoms with van der Waals surface area (Å²) in [5.41, 5.74) is 3.09. The molecule has 0 fully saturated rings. The zero-order valence-electron chi connectivity index (χ0n) is 7.29. The van der Waals surface area contributed by atoms with Crippen molar-refractivity contribution in [1.82, 2.24) is 0 Å². The summed E-state index contributed by atoms with van der Waals surface area (Å²) >= 11 is 0. The number of hydrogen-bond acceptors (Lipinski definition) is 0. The molecule has 0 atom stereocenters. The third kappa shape index (κ3) is 1.58. The molecule has 0 unspecified atom stereocenters. The van der Waals surface area contributed by atoms with Gasteiger partial charge in [0.2, 0.25) is 0 Å². The molecule has 0 amide bonds. The molecular formula is C12H14. The van der Waals surface area contributed by atoms with E-state index in [4.69, 9.17) is 0 Å². The zero-order chi connectivity index (χ0) is 8.23. The lowest BCUT2D eigenvalue weighted by molar-refractivity contribution is 1.05. The van der Waals surface area contributed by atoms with Crippen LogP contribution in [0.25, 0.3) is 0 Å². The Morgan fingerprint density at radius 3 is 1.50 bits per heavy atom. The SMILES string of the molecule is C1=CCC(C2=CCC=CC2)=CC1. The van der Waals surface area contributed by atoms with Gasteiger partial charge in [0.15, 0.2) is 0 Å². The zero-order valence-corrected chi connectivity index (χ0v) is 7.29. The first-order valence-electron chi connectivity index (χ1n) is 4.65. The Morgan fingerprint density at radius 2 is 1.17 bits per heavy atom. The van der Waals surface area contributed by atoms with Crippen LogP contribution in [0.1, 0.15) is 25.7 Å². The van der Waals surface area contributed by atoms with E-state index in [2.05, 4.69) is 36.5 Å². The second kappa shape index (κ2) is 3.57. The van der Waals surface area contributed by atoms with Crippen LogP contribution in [-0.2, 0) is 0 Å². The van der Waals surface area contributed by atoms with Gasteiger partial charge in [-0.1, -0.05) is 36.5 Å². The van der Waals surface area contributed by atoms with E-state index in [0.29, 0.717) is 0 Å². The Bertz CT molecular complexity index is 244. The van der Waals surface area contributed by atoms with Crippen molar-refractivity contribution in [2.24, 2.45) is 0 Å². The Kier molecular flexibility index (Phi) is 2.26. The van der Waals surface area contributed by atoms with Crippen molar-refractivity contribution in [3.63, 3.8) is 0 Å². The summed E-state index contributed by atoms with van der Waals surface area (Å²) in [6.07, 6.45) is 18.2. The monoisotopic (exact) mass is 158 g/mol. The van der Waals surface area contributed by atoms with Gasteiger partial charge in [0.05, 0.1) is 0 Å². The molecule has 12 heavy (non-hydrogen) atoms. The Balaban J connectivity index is 2.08. The molecule has 0 saturated heterocycles. The molecule has 0 radical (unpaired) electrons. The van der Waals surface area contributed by atoms with E-state index in [1.165, 1.54) is 0 Å². The van der Waals surface area contributed by atoms with Gasteiger partial charge >= 0.3 is 0 Å². The van der Waals surface area contributed by atoms with Crippen LogP contribution in [0.5, 0.6) is 0 Å². The molecule has 0 aliphatic heterocycles. The maximum Gasteiger partial charge on any atom is -0.00977 e. The minimum atomic E-state index is 1.12. The number of hydrogen-bond donors (Lipinski definition) is 0. The maximum absolute atomic E-state index is 2.35. The standard InChI is InChI=1S/C12H14/c1-3-7-11(8-4-1)12-9-5-2-6-10-12/h1-3,5,8,10H,4,6-7,9H2. The minimum Gasteiger partial charge on any atom is -0.0844 e. The molecule has 2 aliphatic rings. The van der Waals surface area contributed by atoms with Crippen molar-refractivity contribution in [2.75, 3.05) is 0 Å². The lowest BCUT2D eigenvalue weighted by Crippen LogP contribution is -1.93. The van der Waals surface area contributed by atoms with Gasteiger partial charge < -0.3 is 0 Å². The van der Waals surface area contributed by atoms with Crippen molar-refractivity contribution in [3.05, 3.63) is 47.6 Å². The average Bonchev–Trinajstić information content (AvgIpc) is 2.21. The van der Waals surface area contributed by atoms with Crippen molar-refractivity contribution in [1.29, 1.82) is 0 Å². The molecule has 0 bridgehead atoms. The second-order valence-corrected chi connectivity index (χ2v) is 3.28. The molecular weight excluding hydrogens is 144 g/mol. The third-order valence-electron chi connectivity index (χ3n) is 2.42. The summed E-state index contributed by atoms with van der Waals surface area (Å²) in [5, 5.41) is 0. The van der Waals surface area contributed by atoms with Gasteiger partial charge in [-0.15, -0.1) is 0 Å². The Hall–Kier alpha value is -1.04. The highest BCUT2D eigenvalue weighted by atomic mass is 14.1. The van der Waals surface area contributed by atoms with Crippen LogP contribution in [0.3, 0.4) is 0 Å². The van der Waals surface area contributed by atoms with Crippen molar-refractivity contribution >= 4 is 0 Å². The highest BCUT2D eigenvalue weighted by molar-refractivity contribution is 5.38. The third-order valence-corrected chi connectivity index (χ3v) is 2.42. The summed E-state index contributed by atoms with van der Waals surface area (Å²) < 4.78 is 0. The summed E-state index contributed by atoms with van der Waals surface area (Å²) in [4.78, 5) is 0. The maximum atomic E-state index is 2.35. The summed E-state index contributed by atoms with van der Waals surface area (Å²) in [5.74, 6) is 0. The first-order valence-corrected chi connectivity index (χ1v) is 4.65. The van der Waals surface area contributed by atoms with Gasteiger partial charge in [-0.25, -0.2) is 0 Å². The fourth-order valence-electron chi connectivity index (χ4n) is 1.72. The van der Waals surface area contributed by atoms with Gasteiger partial charge in [-0.05, 0) is 36.8 Å². The van der Waals surface area contributed by atoms with E-state index in [0.717, 1.165) is 25.7 Å². The first-order chi connectivity index (χ1) is 5.97. The Labute approximate surface area is 74.0 Å². The molecule has 0 aromatic heterocycles. The summed E-state index contributed by atoms with van der Waals surface area (Å²) in [6.45, 7) is 0. The van der Waals surface area contributed by atoms with E-state index in [-0.39, 0.29) is 0 Å². The summed E-state index contributed by atoms with van der Waals surface area (Å²) in [7, 11) is 0. The quantitative estimate of drug-likeness (QED) is 0.512. The van der Waals surface area contributed by atoms with Gasteiger partial charge in [0.25, 0.3) is 0 Å². The van der Waals surface area contributed by atoms with Crippen LogP contribution in [0, 0.1) is 0 Å². The van der Waals surface area contributed by atoms with Crippen molar-refractivity contribution in [3.8, 4) is 0 Å². The highest BCUT2D eigenvalue weighted by Crippen LogP contribution is 2.25. The fourth-order valence-corrected chi connectivity index (χ4v) is 1.72. The lowest BCUT2D eigenvalue weighted by atomic mass is 9.93. The van der Waals surface area contributed by atoms with Crippen molar-refractivity contribution < 1.29 is 0 Å². The molecule has 0 heterocycles. The van der Waals surface area contributed by atoms with E-state index in [1.54, 1.807) is 11.1 Å². The van der Waals surface area contributed by atoms with Gasteiger partial charge in [0, 0.05) is 0 Å². The summed E-state index contributed by atoms with van der Waals surface area (Å²) in [6, 6.07) is 0. The lowest BCUT2D eigenvalue weighted by Gasteiger charge is -2.13. The molecule has 0 aromatic rings. The highest BCUT2D eigenvalue weighted by Gasteiger charge is 2.05. The normalized spacial score (nSPS) is 22.0. The second-order valence-electron chi connectivity index (χ2n) is 3.28. The number of allylic oxidation sites excluding steroid dienone is 8. The van der Waals surface area contributed by atoms with Crippen LogP contribution >= 0.6 is 0 Å². The molecule has 62 valence electrons. The fraction of sp³-hybridized carbons (Fsp3) is 0.333. The van der Waals surface area contributed by atoms with Gasteiger partial charge in [-0.2, -0.15) is 0 Å². The molecule has 0 nitrogen and oxygen atoms in total. The van der Waals surface area contributed by atoms with E-state index < -0.39 is 0 Å². The topological polar surface area (TPSA) is 0 Å². The predicted molar refractivity (Wildman–Crippen MR) is 52.9 cm³/mol. The van der Waals surface area contributed by atoms with E-state index in [9.17, 15) is 0 Å². The van der Waals surface area contributed by atoms with Gasteiger partial charge in [-0.3, -0.25) is 0 Å². The molecule has 0 spiro atoms. The van der Waals surface area contributed by atoms with Crippen LogP contribution in [0.15, 0.2) is 47.6 Å². The molecule has 0 N–H and O–H groups in total. The largest absolute Gasteiger partial charge is 0.0844 e. The molecule has 2 rings (SSSR count). The molecule has 0 aromatic carbocycles. The minimum absolute atomic E-state index is 1.12. The van der Waals surface area contributed by atoms with Gasteiger partial charge in [0.1, 0.15) is 0 Å². The molecule has 2 aliphatic carbocycles. The molecule has 0 heteroatoms. The van der Waals surface area contributed by atoms with E-state index >= 15 is 0 Å². The van der Waals surface area contributed by atoms with Crippen molar-refractivity contribution in [2.45, 2.75) is 25.7 Å². The van der Waals surface area contributed by atoms with Crippen LogP contribution in [-0.4, -0.2) is 0 Å². The smallest absolute Gasteiger partial charge is 0.00977 e. The van der Waals surface area contributed by atoms with Crippen LogP contribution < -0.4 is 0 Å².